The van der Waals surface area contributed by atoms with E-state index in [1.165, 1.54) is 22.3 Å². The lowest BCUT2D eigenvalue weighted by atomic mass is 9.76. The van der Waals surface area contributed by atoms with Gasteiger partial charge in [0.25, 0.3) is 0 Å². The number of nitrogens with one attached hydrogen (secondary N) is 1. The summed E-state index contributed by atoms with van der Waals surface area (Å²) in [4.78, 5) is 13.5. The summed E-state index contributed by atoms with van der Waals surface area (Å²) in [6.45, 7) is 10.7. The summed E-state index contributed by atoms with van der Waals surface area (Å²) in [6, 6.07) is 19.1. The van der Waals surface area contributed by atoms with Crippen LogP contribution >= 0.6 is 0 Å². The van der Waals surface area contributed by atoms with E-state index >= 15 is 0 Å². The van der Waals surface area contributed by atoms with Gasteiger partial charge in [-0.05, 0) is 90.8 Å². The Morgan fingerprint density at radius 3 is 2.51 bits per heavy atom. The molecule has 3 rings (SSSR count). The van der Waals surface area contributed by atoms with Crippen molar-refractivity contribution in [3.05, 3.63) is 106 Å². The lowest BCUT2D eigenvalue weighted by Crippen LogP contribution is -2.44. The Morgan fingerprint density at radius 2 is 1.84 bits per heavy atom. The van der Waals surface area contributed by atoms with E-state index in [9.17, 15) is 4.79 Å². The Hall–Kier alpha value is -3.26. The molecule has 4 nitrogen and oxygen atoms in total. The third-order valence-corrected chi connectivity index (χ3v) is 7.67. The number of hydrazine groups is 1. The van der Waals surface area contributed by atoms with Crippen molar-refractivity contribution in [2.45, 2.75) is 78.2 Å². The van der Waals surface area contributed by atoms with Crippen LogP contribution in [0, 0.1) is 17.2 Å². The minimum Gasteiger partial charge on any atom is -0.294 e. The van der Waals surface area contributed by atoms with Crippen molar-refractivity contribution in [2.75, 3.05) is 0 Å². The molecular weight excluding hydrogens is 454 g/mol. The van der Waals surface area contributed by atoms with E-state index < -0.39 is 0 Å². The van der Waals surface area contributed by atoms with Crippen LogP contribution in [0.15, 0.2) is 83.5 Å². The molecule has 4 heteroatoms. The number of nitriles is 1. The molecule has 2 aromatic carbocycles. The second kappa shape index (κ2) is 13.9. The minimum absolute atomic E-state index is 0.0693. The van der Waals surface area contributed by atoms with E-state index in [1.54, 1.807) is 0 Å². The summed E-state index contributed by atoms with van der Waals surface area (Å²) in [5.41, 5.74) is 11.9. The van der Waals surface area contributed by atoms with E-state index in [1.807, 2.05) is 31.2 Å². The lowest BCUT2D eigenvalue weighted by molar-refractivity contribution is -0.115. The third-order valence-electron chi connectivity index (χ3n) is 7.67. The number of carbonyl (C=O) groups is 1. The number of benzene rings is 2. The molecule has 2 unspecified atom stereocenters. The first-order valence-corrected chi connectivity index (χ1v) is 13.5. The van der Waals surface area contributed by atoms with Crippen molar-refractivity contribution in [2.24, 2.45) is 11.8 Å². The average Bonchev–Trinajstić information content (AvgIpc) is 2.91. The van der Waals surface area contributed by atoms with Gasteiger partial charge in [-0.2, -0.15) is 5.26 Å². The van der Waals surface area contributed by atoms with Crippen LogP contribution in [-0.4, -0.2) is 11.8 Å². The second-order valence-corrected chi connectivity index (χ2v) is 10.1. The van der Waals surface area contributed by atoms with Gasteiger partial charge >= 0.3 is 0 Å². The fourth-order valence-corrected chi connectivity index (χ4v) is 5.25. The molecule has 0 fully saturated rings. The molecule has 37 heavy (non-hydrogen) atoms. The zero-order valence-electron chi connectivity index (χ0n) is 22.6. The smallest absolute Gasteiger partial charge is 0.163 e. The van der Waals surface area contributed by atoms with Crippen molar-refractivity contribution in [1.82, 2.24) is 5.43 Å². The van der Waals surface area contributed by atoms with Crippen LogP contribution in [0.4, 0.5) is 0 Å². The lowest BCUT2D eigenvalue weighted by Gasteiger charge is -2.33. The van der Waals surface area contributed by atoms with E-state index in [4.69, 9.17) is 11.1 Å². The average molecular weight is 496 g/mol. The van der Waals surface area contributed by atoms with Crippen LogP contribution in [0.1, 0.15) is 68.7 Å². The van der Waals surface area contributed by atoms with Gasteiger partial charge in [-0.25, -0.2) is 0 Å². The van der Waals surface area contributed by atoms with Gasteiger partial charge in [0.1, 0.15) is 0 Å². The number of carbonyl (C=O) groups excluding carboxylic acids is 1. The van der Waals surface area contributed by atoms with Gasteiger partial charge in [0, 0.05) is 18.4 Å². The van der Waals surface area contributed by atoms with Crippen LogP contribution in [0.5, 0.6) is 0 Å². The number of nitrogens with zero attached hydrogens (tertiary/aromatic N) is 1. The number of nitrogens with two attached hydrogens (primary N) is 1. The molecule has 0 aromatic heterocycles. The molecule has 1 aliphatic carbocycles. The van der Waals surface area contributed by atoms with Gasteiger partial charge in [0.2, 0.25) is 0 Å². The van der Waals surface area contributed by atoms with Crippen LogP contribution in [0.25, 0.3) is 0 Å². The molecule has 0 radical (unpaired) electrons. The molecule has 0 amide bonds. The first-order chi connectivity index (χ1) is 17.9. The first-order valence-electron chi connectivity index (χ1n) is 13.5. The molecule has 0 spiro atoms. The largest absolute Gasteiger partial charge is 0.294 e. The Bertz CT molecular complexity index is 1200. The molecular formula is C33H41N3O. The number of Topliss-reactive ketones (excluding diaryl/α,β-unsaturated/α-hetero) is 1. The van der Waals surface area contributed by atoms with E-state index in [-0.39, 0.29) is 17.7 Å². The topological polar surface area (TPSA) is 78.9 Å². The van der Waals surface area contributed by atoms with Gasteiger partial charge in [-0.15, -0.1) is 0 Å². The molecule has 0 saturated heterocycles. The predicted octanol–water partition coefficient (Wildman–Crippen LogP) is 6.51. The van der Waals surface area contributed by atoms with Crippen LogP contribution < -0.4 is 11.3 Å². The Morgan fingerprint density at radius 1 is 1.08 bits per heavy atom. The van der Waals surface area contributed by atoms with Gasteiger partial charge in [-0.1, -0.05) is 74.5 Å². The number of unbranched alkanes of at least 4 members (excludes halogenated alkanes) is 2. The SMILES string of the molecule is C=C(Cc1ccccc1)C1=CC(C(=O)CCc2ccc(CCCCC#N)cc2CC)=C(C)C(C)C1NN. The summed E-state index contributed by atoms with van der Waals surface area (Å²) in [5.74, 6) is 6.24. The zero-order chi connectivity index (χ0) is 26.8. The Balaban J connectivity index is 1.74. The standard InChI is InChI=1S/C33H41N3O/c1-5-28-21-27(14-10-7-11-19-34)15-16-29(28)17-18-32(37)31-22-30(33(36-35)25(4)24(31)3)23(2)20-26-12-8-6-9-13-26/h6,8-9,12-13,15-16,21-22,25,33,36H,2,5,7,10-11,14,17-18,20,35H2,1,3-4H3. The van der Waals surface area contributed by atoms with Crippen molar-refractivity contribution >= 4 is 5.78 Å². The quantitative estimate of drug-likeness (QED) is 0.189. The molecule has 1 aliphatic rings. The second-order valence-electron chi connectivity index (χ2n) is 10.1. The molecule has 0 aliphatic heterocycles. The van der Waals surface area contributed by atoms with E-state index in [0.717, 1.165) is 60.8 Å². The normalized spacial score (nSPS) is 17.3. The number of aryl methyl sites for hydroxylation is 3. The fourth-order valence-electron chi connectivity index (χ4n) is 5.25. The Kier molecular flexibility index (Phi) is 10.6. The van der Waals surface area contributed by atoms with E-state index in [0.29, 0.717) is 12.8 Å². The maximum atomic E-state index is 13.5. The third kappa shape index (κ3) is 7.38. The predicted molar refractivity (Wildman–Crippen MR) is 153 cm³/mol. The van der Waals surface area contributed by atoms with Crippen molar-refractivity contribution in [3.8, 4) is 6.07 Å². The molecule has 2 aromatic rings. The summed E-state index contributed by atoms with van der Waals surface area (Å²) in [5, 5.41) is 8.74. The highest BCUT2D eigenvalue weighted by atomic mass is 16.1. The van der Waals surface area contributed by atoms with E-state index in [2.05, 4.69) is 62.3 Å². The molecule has 3 N–H and O–H groups in total. The van der Waals surface area contributed by atoms with Crippen LogP contribution in [0.2, 0.25) is 0 Å². The van der Waals surface area contributed by atoms with Gasteiger partial charge in [0.05, 0.1) is 12.1 Å². The highest BCUT2D eigenvalue weighted by Crippen LogP contribution is 2.34. The highest BCUT2D eigenvalue weighted by Gasteiger charge is 2.30. The number of rotatable bonds is 13. The molecule has 0 heterocycles. The number of ketones is 1. The number of hydrogen-bond donors (Lipinski definition) is 2. The van der Waals surface area contributed by atoms with Crippen molar-refractivity contribution < 1.29 is 4.79 Å². The fraction of sp³-hybridized carbons (Fsp3) is 0.394. The molecule has 2 atom stereocenters. The minimum atomic E-state index is -0.0693. The number of hydrogen-bond acceptors (Lipinski definition) is 4. The summed E-state index contributed by atoms with van der Waals surface area (Å²) >= 11 is 0. The molecule has 0 saturated carbocycles. The van der Waals surface area contributed by atoms with Crippen molar-refractivity contribution in [1.29, 1.82) is 5.26 Å². The Labute approximate surface area is 222 Å². The van der Waals surface area contributed by atoms with Gasteiger partial charge in [-0.3, -0.25) is 16.1 Å². The molecule has 0 bridgehead atoms. The van der Waals surface area contributed by atoms with Gasteiger partial charge < -0.3 is 0 Å². The summed E-state index contributed by atoms with van der Waals surface area (Å²) in [7, 11) is 0. The van der Waals surface area contributed by atoms with Gasteiger partial charge in [0.15, 0.2) is 5.78 Å². The first kappa shape index (κ1) is 28.3. The molecule has 194 valence electrons. The zero-order valence-corrected chi connectivity index (χ0v) is 22.6. The highest BCUT2D eigenvalue weighted by molar-refractivity contribution is 5.99. The maximum Gasteiger partial charge on any atom is 0.163 e. The van der Waals surface area contributed by atoms with Crippen LogP contribution in [-0.2, 0) is 30.5 Å². The van der Waals surface area contributed by atoms with Crippen LogP contribution in [0.3, 0.4) is 0 Å². The van der Waals surface area contributed by atoms with Crippen molar-refractivity contribution in [3.63, 3.8) is 0 Å². The monoisotopic (exact) mass is 495 g/mol. The maximum absolute atomic E-state index is 13.5. The number of allylic oxidation sites excluding steroid dienone is 2. The summed E-state index contributed by atoms with van der Waals surface area (Å²) < 4.78 is 0. The summed E-state index contributed by atoms with van der Waals surface area (Å²) in [6.07, 6.45) is 8.48.